The topological polar surface area (TPSA) is 9.23 Å². The van der Waals surface area contributed by atoms with Crippen molar-refractivity contribution in [3.05, 3.63) is 22.7 Å². The van der Waals surface area contributed by atoms with Gasteiger partial charge in [-0.2, -0.15) is 0 Å². The van der Waals surface area contributed by atoms with Gasteiger partial charge in [-0.3, -0.25) is 0 Å². The van der Waals surface area contributed by atoms with Gasteiger partial charge in [0.1, 0.15) is 0 Å². The predicted octanol–water partition coefficient (Wildman–Crippen LogP) is 6.94. The van der Waals surface area contributed by atoms with E-state index in [0.29, 0.717) is 16.6 Å². The molecule has 1 aliphatic rings. The van der Waals surface area contributed by atoms with Crippen LogP contribution in [0.15, 0.2) is 22.7 Å². The van der Waals surface area contributed by atoms with Crippen molar-refractivity contribution in [3.8, 4) is 0 Å². The van der Waals surface area contributed by atoms with Crippen LogP contribution in [0, 0.1) is 0 Å². The number of rotatable bonds is 5. The van der Waals surface area contributed by atoms with Crippen molar-refractivity contribution in [1.29, 1.82) is 0 Å². The maximum Gasteiger partial charge on any atom is 0.201 e. The van der Waals surface area contributed by atoms with E-state index in [0.717, 1.165) is 4.48 Å². The van der Waals surface area contributed by atoms with Crippen LogP contribution in [0.2, 0.25) is 16.6 Å². The Morgan fingerprint density at radius 1 is 0.952 bits per heavy atom. The predicted molar refractivity (Wildman–Crippen MR) is 104 cm³/mol. The highest BCUT2D eigenvalue weighted by Gasteiger charge is 2.49. The third-order valence-corrected chi connectivity index (χ3v) is 13.2. The van der Waals surface area contributed by atoms with Crippen LogP contribution in [0.5, 0.6) is 0 Å². The molecule has 1 nitrogen and oxygen atoms in total. The fourth-order valence-electron chi connectivity index (χ4n) is 3.64. The van der Waals surface area contributed by atoms with Crippen LogP contribution in [0.4, 0.5) is 0 Å². The molecule has 0 saturated heterocycles. The Bertz CT molecular complexity index is 416. The third kappa shape index (κ3) is 3.93. The summed E-state index contributed by atoms with van der Waals surface area (Å²) in [7, 11) is -1.90. The van der Waals surface area contributed by atoms with Gasteiger partial charge in [0.2, 0.25) is 8.32 Å². The first-order valence-electron chi connectivity index (χ1n) is 7.85. The van der Waals surface area contributed by atoms with Crippen molar-refractivity contribution in [1.82, 2.24) is 0 Å². The maximum atomic E-state index is 6.94. The van der Waals surface area contributed by atoms with E-state index >= 15 is 0 Å². The van der Waals surface area contributed by atoms with E-state index in [9.17, 15) is 0 Å². The van der Waals surface area contributed by atoms with Gasteiger partial charge in [-0.1, -0.05) is 85.6 Å². The van der Waals surface area contributed by atoms with Crippen LogP contribution in [0.3, 0.4) is 0 Å². The first-order chi connectivity index (χ1) is 9.37. The Hall–Kier alpha value is 0.617. The molecule has 0 aromatic carbocycles. The molecule has 122 valence electrons. The van der Waals surface area contributed by atoms with Crippen molar-refractivity contribution in [2.24, 2.45) is 0 Å². The number of alkyl halides is 1. The van der Waals surface area contributed by atoms with Crippen molar-refractivity contribution < 1.29 is 4.43 Å². The Kier molecular flexibility index (Phi) is 6.20. The summed E-state index contributed by atoms with van der Waals surface area (Å²) in [6, 6.07) is 0. The van der Waals surface area contributed by atoms with Crippen molar-refractivity contribution in [2.75, 3.05) is 0 Å². The fourth-order valence-corrected chi connectivity index (χ4v) is 10.1. The van der Waals surface area contributed by atoms with Gasteiger partial charge in [-0.05, 0) is 36.5 Å². The highest BCUT2D eigenvalue weighted by Crippen LogP contribution is 2.47. The van der Waals surface area contributed by atoms with E-state index in [-0.39, 0.29) is 9.93 Å². The smallest absolute Gasteiger partial charge is 0.201 e. The summed E-state index contributed by atoms with van der Waals surface area (Å²) in [4.78, 5) is 0. The normalized spacial score (nSPS) is 30.4. The van der Waals surface area contributed by atoms with Crippen LogP contribution >= 0.6 is 31.9 Å². The number of hydrogen-bond acceptors (Lipinski definition) is 1. The number of halogens is 2. The summed E-state index contributed by atoms with van der Waals surface area (Å²) in [5.74, 6) is 0. The quantitative estimate of drug-likeness (QED) is 0.257. The molecule has 4 heteroatoms. The largest absolute Gasteiger partial charge is 0.404 e. The van der Waals surface area contributed by atoms with Gasteiger partial charge in [0.05, 0.1) is 9.93 Å². The zero-order valence-corrected chi connectivity index (χ0v) is 18.8. The van der Waals surface area contributed by atoms with Crippen molar-refractivity contribution in [2.45, 2.75) is 81.9 Å². The molecule has 0 N–H and O–H groups in total. The van der Waals surface area contributed by atoms with Crippen LogP contribution in [0.1, 0.15) is 55.4 Å². The lowest BCUT2D eigenvalue weighted by Crippen LogP contribution is -2.53. The van der Waals surface area contributed by atoms with Crippen LogP contribution in [-0.2, 0) is 4.43 Å². The molecular formula is C17H30Br2OSi. The highest BCUT2D eigenvalue weighted by atomic mass is 79.9. The molecule has 0 fully saturated rings. The molecule has 0 saturated carbocycles. The van der Waals surface area contributed by atoms with Gasteiger partial charge in [0, 0.05) is 4.48 Å². The molecule has 0 heterocycles. The first kappa shape index (κ1) is 19.7. The molecule has 0 aromatic rings. The zero-order valence-electron chi connectivity index (χ0n) is 14.6. The molecule has 1 rings (SSSR count). The first-order valence-corrected chi connectivity index (χ1v) is 11.6. The summed E-state index contributed by atoms with van der Waals surface area (Å²) < 4.78 is 7.96. The van der Waals surface area contributed by atoms with Gasteiger partial charge in [0.15, 0.2) is 0 Å². The van der Waals surface area contributed by atoms with E-state index in [1.807, 2.05) is 0 Å². The Morgan fingerprint density at radius 3 is 1.71 bits per heavy atom. The van der Waals surface area contributed by atoms with Crippen LogP contribution < -0.4 is 0 Å². The van der Waals surface area contributed by atoms with Gasteiger partial charge in [0.25, 0.3) is 0 Å². The summed E-state index contributed by atoms with van der Waals surface area (Å²) in [6.45, 7) is 18.3. The molecule has 0 bridgehead atoms. The van der Waals surface area contributed by atoms with Crippen LogP contribution in [0.25, 0.3) is 0 Å². The van der Waals surface area contributed by atoms with Gasteiger partial charge >= 0.3 is 0 Å². The molecule has 0 aliphatic heterocycles. The van der Waals surface area contributed by atoms with Gasteiger partial charge in [-0.15, -0.1) is 0 Å². The summed E-state index contributed by atoms with van der Waals surface area (Å²) in [6.07, 6.45) is 6.62. The molecular weight excluding hydrogens is 408 g/mol. The molecule has 21 heavy (non-hydrogen) atoms. The fraction of sp³-hybridized carbons (Fsp3) is 0.765. The summed E-state index contributed by atoms with van der Waals surface area (Å²) in [5, 5.41) is 0. The molecule has 2 unspecified atom stereocenters. The molecule has 0 aromatic heterocycles. The Morgan fingerprint density at radius 2 is 1.38 bits per heavy atom. The molecule has 0 spiro atoms. The number of hydrogen-bond donors (Lipinski definition) is 0. The monoisotopic (exact) mass is 436 g/mol. The lowest BCUT2D eigenvalue weighted by atomic mass is 9.95. The van der Waals surface area contributed by atoms with Crippen molar-refractivity contribution in [3.63, 3.8) is 0 Å². The maximum absolute atomic E-state index is 6.94. The molecule has 1 aliphatic carbocycles. The molecule has 0 amide bonds. The minimum Gasteiger partial charge on any atom is -0.404 e. The lowest BCUT2D eigenvalue weighted by Gasteiger charge is -2.48. The van der Waals surface area contributed by atoms with E-state index in [4.69, 9.17) is 4.43 Å². The minimum atomic E-state index is -1.90. The number of allylic oxidation sites excluding steroid dienone is 2. The highest BCUT2D eigenvalue weighted by molar-refractivity contribution is 9.14. The second kappa shape index (κ2) is 6.62. The Balaban J connectivity index is 3.22. The third-order valence-electron chi connectivity index (χ3n) is 4.71. The SMILES string of the molecule is CC(C)[Si](OC1(C)C=CC(C)(Br)C(Br)=C1)(C(C)C)C(C)C. The van der Waals surface area contributed by atoms with E-state index in [1.54, 1.807) is 0 Å². The standard InChI is InChI=1S/C17H30Br2OSi/c1-12(2)21(13(3)4,14(5)6)20-16(7)9-10-17(8,19)15(18)11-16/h9-14H,1-8H3. The van der Waals surface area contributed by atoms with Gasteiger partial charge < -0.3 is 4.43 Å². The molecule has 2 atom stereocenters. The Labute approximate surface area is 149 Å². The summed E-state index contributed by atoms with van der Waals surface area (Å²) in [5.41, 5.74) is 1.45. The zero-order chi connectivity index (χ0) is 16.6. The molecule has 0 radical (unpaired) electrons. The van der Waals surface area contributed by atoms with E-state index in [1.165, 1.54) is 0 Å². The second-order valence-corrected chi connectivity index (χ2v) is 15.4. The lowest BCUT2D eigenvalue weighted by molar-refractivity contribution is 0.160. The second-order valence-electron chi connectivity index (χ2n) is 7.50. The summed E-state index contributed by atoms with van der Waals surface area (Å²) >= 11 is 7.43. The van der Waals surface area contributed by atoms with E-state index < -0.39 is 8.32 Å². The minimum absolute atomic E-state index is 0.117. The van der Waals surface area contributed by atoms with Crippen molar-refractivity contribution >= 4 is 40.2 Å². The average Bonchev–Trinajstić information content (AvgIpc) is 2.31. The van der Waals surface area contributed by atoms with E-state index in [2.05, 4.69) is 105 Å². The van der Waals surface area contributed by atoms with Gasteiger partial charge in [-0.25, -0.2) is 0 Å². The van der Waals surface area contributed by atoms with Crippen LogP contribution in [-0.4, -0.2) is 18.2 Å². The average molecular weight is 438 g/mol.